The van der Waals surface area contributed by atoms with Gasteiger partial charge in [-0.25, -0.2) is 4.99 Å². The Morgan fingerprint density at radius 2 is 2.12 bits per heavy atom. The van der Waals surface area contributed by atoms with Gasteiger partial charge in [0.05, 0.1) is 11.7 Å². The smallest absolute Gasteiger partial charge is 0.126 e. The summed E-state index contributed by atoms with van der Waals surface area (Å²) in [5.74, 6) is 1.02. The van der Waals surface area contributed by atoms with Gasteiger partial charge >= 0.3 is 0 Å². The number of nitrogens with one attached hydrogen (secondary N) is 1. The van der Waals surface area contributed by atoms with Crippen LogP contribution < -0.4 is 5.32 Å². The number of para-hydroxylation sites is 1. The molecule has 0 aromatic heterocycles. The van der Waals surface area contributed by atoms with E-state index >= 15 is 0 Å². The third kappa shape index (κ3) is 2.11. The summed E-state index contributed by atoms with van der Waals surface area (Å²) in [6, 6.07) is 8.36. The van der Waals surface area contributed by atoms with E-state index in [4.69, 9.17) is 4.99 Å². The topological polar surface area (TPSA) is 27.6 Å². The lowest BCUT2D eigenvalue weighted by molar-refractivity contribution is 0.602. The fourth-order valence-electron chi connectivity index (χ4n) is 2.12. The molecule has 0 bridgehead atoms. The molecule has 0 radical (unpaired) electrons. The number of rotatable bonds is 3. The molecule has 0 amide bonds. The number of amidine groups is 1. The summed E-state index contributed by atoms with van der Waals surface area (Å²) in [5, 5.41) is 3.38. The number of hydrogen-bond acceptors (Lipinski definition) is 3. The van der Waals surface area contributed by atoms with E-state index in [2.05, 4.69) is 36.7 Å². The van der Waals surface area contributed by atoms with E-state index in [1.165, 1.54) is 0 Å². The molecule has 1 aromatic rings. The van der Waals surface area contributed by atoms with Gasteiger partial charge in [-0.05, 0) is 19.5 Å². The maximum atomic E-state index is 4.71. The van der Waals surface area contributed by atoms with Crippen LogP contribution in [0.4, 0.5) is 5.69 Å². The van der Waals surface area contributed by atoms with Crippen molar-refractivity contribution in [2.24, 2.45) is 4.99 Å². The Bertz CT molecular complexity index is 462. The van der Waals surface area contributed by atoms with Crippen molar-refractivity contribution in [1.29, 1.82) is 0 Å². The average molecular weight is 229 g/mol. The van der Waals surface area contributed by atoms with Crippen molar-refractivity contribution < 1.29 is 0 Å². The number of benzene rings is 1. The highest BCUT2D eigenvalue weighted by molar-refractivity contribution is 6.00. The van der Waals surface area contributed by atoms with Crippen LogP contribution in [0, 0.1) is 0 Å². The predicted octanol–water partition coefficient (Wildman–Crippen LogP) is 2.63. The number of aliphatic imine (C=N–C) groups is 1. The Balaban J connectivity index is 2.42. The largest absolute Gasteiger partial charge is 0.332 e. The molecule has 1 aliphatic heterocycles. The third-order valence-electron chi connectivity index (χ3n) is 3.10. The maximum Gasteiger partial charge on any atom is 0.126 e. The van der Waals surface area contributed by atoms with Crippen LogP contribution in [0.5, 0.6) is 0 Å². The van der Waals surface area contributed by atoms with Gasteiger partial charge in [0.25, 0.3) is 0 Å². The van der Waals surface area contributed by atoms with Crippen molar-refractivity contribution in [3.05, 3.63) is 36.4 Å². The quantitative estimate of drug-likeness (QED) is 0.862. The molecular weight excluding hydrogens is 210 g/mol. The minimum atomic E-state index is 0.232. The summed E-state index contributed by atoms with van der Waals surface area (Å²) < 4.78 is 0. The summed E-state index contributed by atoms with van der Waals surface area (Å²) in [5.41, 5.74) is 3.13. The summed E-state index contributed by atoms with van der Waals surface area (Å²) in [6.07, 6.45) is 0. The summed E-state index contributed by atoms with van der Waals surface area (Å²) in [6.45, 7) is 9.30. The van der Waals surface area contributed by atoms with Crippen LogP contribution in [-0.4, -0.2) is 30.4 Å². The minimum Gasteiger partial charge on any atom is -0.332 e. The molecule has 1 aromatic carbocycles. The van der Waals surface area contributed by atoms with Crippen molar-refractivity contribution >= 4 is 17.2 Å². The van der Waals surface area contributed by atoms with Crippen LogP contribution in [0.25, 0.3) is 5.70 Å². The molecule has 3 nitrogen and oxygen atoms in total. The van der Waals surface area contributed by atoms with E-state index in [-0.39, 0.29) is 6.04 Å². The summed E-state index contributed by atoms with van der Waals surface area (Å²) in [4.78, 5) is 6.78. The third-order valence-corrected chi connectivity index (χ3v) is 3.10. The van der Waals surface area contributed by atoms with Crippen LogP contribution >= 0.6 is 0 Å². The molecule has 0 aliphatic carbocycles. The SMILES string of the molecule is C=C1c2ccccc2N=C(C(C)NCC)N1C. The molecule has 0 saturated heterocycles. The molecule has 1 heterocycles. The van der Waals surface area contributed by atoms with Gasteiger partial charge in [-0.15, -0.1) is 0 Å². The first kappa shape index (κ1) is 11.9. The van der Waals surface area contributed by atoms with Crippen molar-refractivity contribution in [1.82, 2.24) is 10.2 Å². The Morgan fingerprint density at radius 3 is 2.82 bits per heavy atom. The molecule has 0 saturated carbocycles. The van der Waals surface area contributed by atoms with E-state index in [9.17, 15) is 0 Å². The van der Waals surface area contributed by atoms with Gasteiger partial charge in [0, 0.05) is 18.3 Å². The minimum absolute atomic E-state index is 0.232. The second kappa shape index (κ2) is 4.72. The summed E-state index contributed by atoms with van der Waals surface area (Å²) >= 11 is 0. The molecule has 0 fully saturated rings. The normalized spacial score (nSPS) is 16.5. The van der Waals surface area contributed by atoms with E-state index < -0.39 is 0 Å². The molecule has 1 N–H and O–H groups in total. The fraction of sp³-hybridized carbons (Fsp3) is 0.357. The monoisotopic (exact) mass is 229 g/mol. The zero-order chi connectivity index (χ0) is 12.4. The van der Waals surface area contributed by atoms with Crippen LogP contribution in [0.1, 0.15) is 19.4 Å². The first-order valence-electron chi connectivity index (χ1n) is 5.99. The second-order valence-corrected chi connectivity index (χ2v) is 4.27. The highest BCUT2D eigenvalue weighted by atomic mass is 15.2. The first-order chi connectivity index (χ1) is 8.15. The molecule has 1 atom stereocenters. The molecular formula is C14H19N3. The van der Waals surface area contributed by atoms with Gasteiger partial charge in [0.1, 0.15) is 5.84 Å². The lowest BCUT2D eigenvalue weighted by Crippen LogP contribution is -2.43. The highest BCUT2D eigenvalue weighted by Gasteiger charge is 2.23. The zero-order valence-electron chi connectivity index (χ0n) is 10.7. The van der Waals surface area contributed by atoms with E-state index in [0.717, 1.165) is 29.3 Å². The van der Waals surface area contributed by atoms with Gasteiger partial charge in [-0.3, -0.25) is 0 Å². The van der Waals surface area contributed by atoms with Gasteiger partial charge in [0.15, 0.2) is 0 Å². The molecule has 17 heavy (non-hydrogen) atoms. The Labute approximate surface area is 103 Å². The molecule has 1 aliphatic rings. The van der Waals surface area contributed by atoms with Gasteiger partial charge in [-0.1, -0.05) is 31.7 Å². The molecule has 90 valence electrons. The van der Waals surface area contributed by atoms with Crippen molar-refractivity contribution in [2.45, 2.75) is 19.9 Å². The second-order valence-electron chi connectivity index (χ2n) is 4.27. The first-order valence-corrected chi connectivity index (χ1v) is 5.99. The molecule has 1 unspecified atom stereocenters. The van der Waals surface area contributed by atoms with E-state index in [1.54, 1.807) is 0 Å². The Kier molecular flexibility index (Phi) is 3.29. The van der Waals surface area contributed by atoms with Gasteiger partial charge < -0.3 is 10.2 Å². The van der Waals surface area contributed by atoms with Crippen molar-refractivity contribution in [2.75, 3.05) is 13.6 Å². The fourth-order valence-corrected chi connectivity index (χ4v) is 2.12. The van der Waals surface area contributed by atoms with E-state index in [1.807, 2.05) is 25.2 Å². The van der Waals surface area contributed by atoms with Crippen LogP contribution in [0.3, 0.4) is 0 Å². The lowest BCUT2D eigenvalue weighted by Gasteiger charge is -2.32. The molecule has 3 heteroatoms. The standard InChI is InChI=1S/C14H19N3/c1-5-15-10(2)14-16-13-9-7-6-8-12(13)11(3)17(14)4/h6-10,15H,3,5H2,1-2,4H3. The number of fused-ring (bicyclic) bond motifs is 1. The Morgan fingerprint density at radius 1 is 1.41 bits per heavy atom. The van der Waals surface area contributed by atoms with Crippen LogP contribution in [-0.2, 0) is 0 Å². The van der Waals surface area contributed by atoms with Crippen LogP contribution in [0.2, 0.25) is 0 Å². The number of nitrogens with zero attached hydrogens (tertiary/aromatic N) is 2. The van der Waals surface area contributed by atoms with E-state index in [0.29, 0.717) is 0 Å². The van der Waals surface area contributed by atoms with Crippen molar-refractivity contribution in [3.8, 4) is 0 Å². The van der Waals surface area contributed by atoms with Gasteiger partial charge in [0.2, 0.25) is 0 Å². The number of hydrogen-bond donors (Lipinski definition) is 1. The average Bonchev–Trinajstić information content (AvgIpc) is 2.34. The zero-order valence-corrected chi connectivity index (χ0v) is 10.7. The molecule has 2 rings (SSSR count). The predicted molar refractivity (Wildman–Crippen MR) is 73.5 cm³/mol. The maximum absolute atomic E-state index is 4.71. The lowest BCUT2D eigenvalue weighted by atomic mass is 10.1. The number of likely N-dealkylation sites (N-methyl/N-ethyl adjacent to an activating group) is 2. The highest BCUT2D eigenvalue weighted by Crippen LogP contribution is 2.32. The van der Waals surface area contributed by atoms with Gasteiger partial charge in [-0.2, -0.15) is 0 Å². The van der Waals surface area contributed by atoms with Crippen LogP contribution in [0.15, 0.2) is 35.8 Å². The summed E-state index contributed by atoms with van der Waals surface area (Å²) in [7, 11) is 2.02. The Hall–Kier alpha value is -1.61. The molecule has 0 spiro atoms. The van der Waals surface area contributed by atoms with Crippen molar-refractivity contribution in [3.63, 3.8) is 0 Å².